The molecule has 0 spiro atoms. The van der Waals surface area contributed by atoms with Gasteiger partial charge in [-0.1, -0.05) is 17.7 Å². The van der Waals surface area contributed by atoms with Crippen LogP contribution < -0.4 is 5.32 Å². The molecule has 1 amide bonds. The fraction of sp³-hybridized carbons (Fsp3) is 0.533. The van der Waals surface area contributed by atoms with Crippen molar-refractivity contribution in [2.24, 2.45) is 0 Å². The third kappa shape index (κ3) is 4.21. The Labute approximate surface area is 146 Å². The summed E-state index contributed by atoms with van der Waals surface area (Å²) in [5.41, 5.74) is 0.201. The van der Waals surface area contributed by atoms with Crippen molar-refractivity contribution in [1.82, 2.24) is 9.62 Å². The monoisotopic (exact) mass is 376 g/mol. The number of halogens is 1. The molecule has 0 radical (unpaired) electrons. The molecule has 0 saturated carbocycles. The van der Waals surface area contributed by atoms with Crippen LogP contribution in [0.1, 0.15) is 26.3 Å². The summed E-state index contributed by atoms with van der Waals surface area (Å²) in [6, 6.07) is 4.05. The fourth-order valence-electron chi connectivity index (χ4n) is 2.30. The van der Waals surface area contributed by atoms with Gasteiger partial charge < -0.3 is 5.32 Å². The van der Waals surface area contributed by atoms with Gasteiger partial charge in [0, 0.05) is 16.3 Å². The lowest BCUT2D eigenvalue weighted by atomic mass is 10.1. The molecule has 1 aliphatic heterocycles. The number of hydrogen-bond donors (Lipinski definition) is 1. The number of nitrogens with one attached hydrogen (secondary N) is 1. The molecule has 1 aromatic rings. The zero-order chi connectivity index (χ0) is 17.4. The van der Waals surface area contributed by atoms with Crippen LogP contribution in [0.2, 0.25) is 5.02 Å². The van der Waals surface area contributed by atoms with E-state index < -0.39 is 21.6 Å². The highest BCUT2D eigenvalue weighted by Crippen LogP contribution is 2.31. The van der Waals surface area contributed by atoms with Crippen LogP contribution in [-0.2, 0) is 14.8 Å². The maximum atomic E-state index is 13.0. The van der Waals surface area contributed by atoms with Crippen molar-refractivity contribution in [2.45, 2.75) is 44.2 Å². The van der Waals surface area contributed by atoms with Gasteiger partial charge in [-0.15, -0.1) is 11.8 Å². The Morgan fingerprint density at radius 3 is 2.65 bits per heavy atom. The van der Waals surface area contributed by atoms with Crippen LogP contribution in [0.15, 0.2) is 23.1 Å². The minimum Gasteiger partial charge on any atom is -0.350 e. The standard InChI is InChI=1S/C15H21ClN2O3S2/c1-10-5-6-11(16)7-13(10)23(20,21)18-9-22-8-12(18)14(19)17-15(2,3)4/h5-7,12H,8-9H2,1-4H3,(H,17,19). The van der Waals surface area contributed by atoms with E-state index in [1.165, 1.54) is 22.1 Å². The summed E-state index contributed by atoms with van der Waals surface area (Å²) in [4.78, 5) is 12.6. The predicted molar refractivity (Wildman–Crippen MR) is 94.2 cm³/mol. The number of hydrogen-bond acceptors (Lipinski definition) is 4. The highest BCUT2D eigenvalue weighted by molar-refractivity contribution is 8.00. The van der Waals surface area contributed by atoms with E-state index in [0.717, 1.165) is 0 Å². The lowest BCUT2D eigenvalue weighted by Gasteiger charge is -2.27. The average Bonchev–Trinajstić information content (AvgIpc) is 2.89. The smallest absolute Gasteiger partial charge is 0.244 e. The van der Waals surface area contributed by atoms with Crippen LogP contribution in [0.3, 0.4) is 0 Å². The Morgan fingerprint density at radius 2 is 2.04 bits per heavy atom. The molecule has 8 heteroatoms. The van der Waals surface area contributed by atoms with Gasteiger partial charge in [-0.3, -0.25) is 4.79 Å². The minimum absolute atomic E-state index is 0.154. The lowest BCUT2D eigenvalue weighted by Crippen LogP contribution is -2.52. The molecule has 1 saturated heterocycles. The molecule has 0 aromatic heterocycles. The molecule has 1 atom stereocenters. The second kappa shape index (κ2) is 6.63. The Balaban J connectivity index is 2.35. The van der Waals surface area contributed by atoms with Crippen molar-refractivity contribution < 1.29 is 13.2 Å². The number of amides is 1. The summed E-state index contributed by atoms with van der Waals surface area (Å²) in [6.45, 7) is 7.32. The number of carbonyl (C=O) groups is 1. The van der Waals surface area contributed by atoms with E-state index in [-0.39, 0.29) is 16.7 Å². The Bertz CT molecular complexity index is 714. The SMILES string of the molecule is Cc1ccc(Cl)cc1S(=O)(=O)N1CSCC1C(=O)NC(C)(C)C. The molecule has 5 nitrogen and oxygen atoms in total. The highest BCUT2D eigenvalue weighted by Gasteiger charge is 2.41. The number of carbonyl (C=O) groups excluding carboxylic acids is 1. The van der Waals surface area contributed by atoms with Gasteiger partial charge in [0.1, 0.15) is 6.04 Å². The molecule has 128 valence electrons. The predicted octanol–water partition coefficient (Wildman–Crippen LogP) is 2.63. The van der Waals surface area contributed by atoms with Crippen molar-refractivity contribution in [2.75, 3.05) is 11.6 Å². The third-order valence-corrected chi connectivity index (χ3v) is 6.79. The van der Waals surface area contributed by atoms with Crippen LogP contribution in [0.25, 0.3) is 0 Å². The number of rotatable bonds is 3. The van der Waals surface area contributed by atoms with Crippen molar-refractivity contribution in [1.29, 1.82) is 0 Å². The number of aryl methyl sites for hydroxylation is 1. The topological polar surface area (TPSA) is 66.5 Å². The van der Waals surface area contributed by atoms with Gasteiger partial charge in [0.25, 0.3) is 0 Å². The van der Waals surface area contributed by atoms with Gasteiger partial charge in [-0.2, -0.15) is 4.31 Å². The first-order valence-corrected chi connectivity index (χ1v) is 10.2. The van der Waals surface area contributed by atoms with Crippen molar-refractivity contribution in [3.63, 3.8) is 0 Å². The summed E-state index contributed by atoms with van der Waals surface area (Å²) in [5, 5.41) is 3.21. The Kier molecular flexibility index (Phi) is 5.35. The van der Waals surface area contributed by atoms with E-state index in [1.807, 2.05) is 20.8 Å². The van der Waals surface area contributed by atoms with Gasteiger partial charge in [0.15, 0.2) is 0 Å². The van der Waals surface area contributed by atoms with Gasteiger partial charge in [-0.05, 0) is 45.4 Å². The van der Waals surface area contributed by atoms with E-state index in [9.17, 15) is 13.2 Å². The maximum absolute atomic E-state index is 13.0. The van der Waals surface area contributed by atoms with Crippen molar-refractivity contribution in [3.8, 4) is 0 Å². The van der Waals surface area contributed by atoms with Crippen LogP contribution in [0.4, 0.5) is 0 Å². The molecule has 1 fully saturated rings. The number of benzene rings is 1. The molecule has 2 rings (SSSR count). The molecule has 1 aliphatic rings. The second-order valence-electron chi connectivity index (χ2n) is 6.56. The van der Waals surface area contributed by atoms with Crippen LogP contribution in [0.5, 0.6) is 0 Å². The van der Waals surface area contributed by atoms with Crippen LogP contribution in [0, 0.1) is 6.92 Å². The van der Waals surface area contributed by atoms with Gasteiger partial charge in [0.05, 0.1) is 10.8 Å². The van der Waals surface area contributed by atoms with Crippen LogP contribution in [-0.4, -0.2) is 41.8 Å². The van der Waals surface area contributed by atoms with Crippen LogP contribution >= 0.6 is 23.4 Å². The molecular formula is C15H21ClN2O3S2. The Hall–Kier alpha value is -0.760. The maximum Gasteiger partial charge on any atom is 0.244 e. The normalized spacial score (nSPS) is 19.8. The minimum atomic E-state index is -3.77. The number of thioether (sulfide) groups is 1. The summed E-state index contributed by atoms with van der Waals surface area (Å²) in [5.74, 6) is 0.433. The van der Waals surface area contributed by atoms with Crippen molar-refractivity contribution >= 4 is 39.3 Å². The molecule has 1 heterocycles. The molecule has 23 heavy (non-hydrogen) atoms. The molecule has 1 N–H and O–H groups in total. The Morgan fingerprint density at radius 1 is 1.39 bits per heavy atom. The zero-order valence-electron chi connectivity index (χ0n) is 13.6. The average molecular weight is 377 g/mol. The first-order chi connectivity index (χ1) is 10.5. The van der Waals surface area contributed by atoms with Gasteiger partial charge in [0.2, 0.25) is 15.9 Å². The molecule has 0 aliphatic carbocycles. The van der Waals surface area contributed by atoms with Gasteiger partial charge in [-0.25, -0.2) is 8.42 Å². The summed E-state index contributed by atoms with van der Waals surface area (Å²) in [6.07, 6.45) is 0. The largest absolute Gasteiger partial charge is 0.350 e. The number of sulfonamides is 1. The lowest BCUT2D eigenvalue weighted by molar-refractivity contribution is -0.125. The van der Waals surface area contributed by atoms with E-state index in [2.05, 4.69) is 5.32 Å². The van der Waals surface area contributed by atoms with E-state index in [1.54, 1.807) is 19.1 Å². The quantitative estimate of drug-likeness (QED) is 0.880. The first-order valence-electron chi connectivity index (χ1n) is 7.20. The summed E-state index contributed by atoms with van der Waals surface area (Å²) < 4.78 is 27.2. The highest BCUT2D eigenvalue weighted by atomic mass is 35.5. The fourth-order valence-corrected chi connectivity index (χ4v) is 5.94. The first kappa shape index (κ1) is 18.6. The van der Waals surface area contributed by atoms with E-state index in [0.29, 0.717) is 16.3 Å². The second-order valence-corrected chi connectivity index (χ2v) is 9.85. The molecule has 1 unspecified atom stereocenters. The van der Waals surface area contributed by atoms with E-state index >= 15 is 0 Å². The zero-order valence-corrected chi connectivity index (χ0v) is 16.0. The molecular weight excluding hydrogens is 356 g/mol. The van der Waals surface area contributed by atoms with Gasteiger partial charge >= 0.3 is 0 Å². The summed E-state index contributed by atoms with van der Waals surface area (Å²) >= 11 is 7.38. The van der Waals surface area contributed by atoms with E-state index in [4.69, 9.17) is 11.6 Å². The molecule has 0 bridgehead atoms. The summed E-state index contributed by atoms with van der Waals surface area (Å²) in [7, 11) is -3.77. The molecule has 1 aromatic carbocycles. The van der Waals surface area contributed by atoms with Crippen molar-refractivity contribution in [3.05, 3.63) is 28.8 Å². The number of nitrogens with zero attached hydrogens (tertiary/aromatic N) is 1. The third-order valence-electron chi connectivity index (χ3n) is 3.38.